The van der Waals surface area contributed by atoms with Crippen LogP contribution in [0.25, 0.3) is 0 Å². The van der Waals surface area contributed by atoms with Gasteiger partial charge in [-0.25, -0.2) is 8.78 Å². The maximum Gasteiger partial charge on any atom is 0.254 e. The molecule has 0 radical (unpaired) electrons. The van der Waals surface area contributed by atoms with Crippen LogP contribution in [-0.4, -0.2) is 29.8 Å². The molecule has 0 aromatic heterocycles. The quantitative estimate of drug-likeness (QED) is 0.828. The summed E-state index contributed by atoms with van der Waals surface area (Å²) in [6.45, 7) is 1.49. The Morgan fingerprint density at radius 1 is 1.08 bits per heavy atom. The number of benzene rings is 2. The zero-order valence-corrected chi connectivity index (χ0v) is 14.7. The van der Waals surface area contributed by atoms with Gasteiger partial charge in [-0.05, 0) is 37.3 Å². The first-order valence-corrected chi connectivity index (χ1v) is 8.06. The highest BCUT2D eigenvalue weighted by molar-refractivity contribution is 6.35. The summed E-state index contributed by atoms with van der Waals surface area (Å²) in [5, 5.41) is 2.70. The number of hydrogen-bond acceptors (Lipinski definition) is 2. The topological polar surface area (TPSA) is 49.4 Å². The molecule has 132 valence electrons. The average Bonchev–Trinajstić information content (AvgIpc) is 2.54. The smallest absolute Gasteiger partial charge is 0.254 e. The molecule has 0 saturated carbocycles. The lowest BCUT2D eigenvalue weighted by Gasteiger charge is -2.21. The van der Waals surface area contributed by atoms with Crippen molar-refractivity contribution in [2.24, 2.45) is 0 Å². The molecular weight excluding hydrogens is 373 g/mol. The van der Waals surface area contributed by atoms with Crippen LogP contribution in [0.15, 0.2) is 36.4 Å². The fraction of sp³-hybridized carbons (Fsp3) is 0.176. The van der Waals surface area contributed by atoms with Gasteiger partial charge in [0.15, 0.2) is 0 Å². The Bertz CT molecular complexity index is 775. The van der Waals surface area contributed by atoms with Gasteiger partial charge in [0.05, 0.1) is 0 Å². The summed E-state index contributed by atoms with van der Waals surface area (Å²) in [5.74, 6) is -3.00. The molecule has 8 heteroatoms. The highest BCUT2D eigenvalue weighted by atomic mass is 35.5. The van der Waals surface area contributed by atoms with Gasteiger partial charge in [-0.1, -0.05) is 29.3 Å². The SMILES string of the molecule is CCN(CC(=O)Nc1c(F)cccc1F)C(=O)c1cc(Cl)cc(Cl)c1. The van der Waals surface area contributed by atoms with Crippen molar-refractivity contribution in [3.63, 3.8) is 0 Å². The lowest BCUT2D eigenvalue weighted by molar-refractivity contribution is -0.116. The van der Waals surface area contributed by atoms with E-state index in [1.165, 1.54) is 29.2 Å². The highest BCUT2D eigenvalue weighted by Crippen LogP contribution is 2.21. The van der Waals surface area contributed by atoms with Crippen molar-refractivity contribution in [2.75, 3.05) is 18.4 Å². The molecule has 0 saturated heterocycles. The Morgan fingerprint density at radius 3 is 2.16 bits per heavy atom. The fourth-order valence-electron chi connectivity index (χ4n) is 2.16. The van der Waals surface area contributed by atoms with Crippen LogP contribution >= 0.6 is 23.2 Å². The monoisotopic (exact) mass is 386 g/mol. The predicted molar refractivity (Wildman–Crippen MR) is 93.0 cm³/mol. The largest absolute Gasteiger partial charge is 0.330 e. The van der Waals surface area contributed by atoms with Crippen LogP contribution in [0.5, 0.6) is 0 Å². The second-order valence-corrected chi connectivity index (χ2v) is 6.00. The molecule has 0 unspecified atom stereocenters. The average molecular weight is 387 g/mol. The van der Waals surface area contributed by atoms with Gasteiger partial charge in [0, 0.05) is 22.2 Å². The molecule has 4 nitrogen and oxygen atoms in total. The second-order valence-electron chi connectivity index (χ2n) is 5.12. The molecule has 0 aliphatic carbocycles. The third-order valence-corrected chi connectivity index (χ3v) is 3.78. The number of likely N-dealkylation sites (N-methyl/N-ethyl adjacent to an activating group) is 1. The van der Waals surface area contributed by atoms with Crippen LogP contribution in [0, 0.1) is 11.6 Å². The third-order valence-electron chi connectivity index (χ3n) is 3.34. The van der Waals surface area contributed by atoms with E-state index in [1.54, 1.807) is 6.92 Å². The van der Waals surface area contributed by atoms with Gasteiger partial charge in [-0.3, -0.25) is 9.59 Å². The minimum absolute atomic E-state index is 0.205. The molecule has 0 heterocycles. The van der Waals surface area contributed by atoms with E-state index in [0.717, 1.165) is 12.1 Å². The van der Waals surface area contributed by atoms with Crippen molar-refractivity contribution in [2.45, 2.75) is 6.92 Å². The van der Waals surface area contributed by atoms with Crippen molar-refractivity contribution in [3.8, 4) is 0 Å². The van der Waals surface area contributed by atoms with Gasteiger partial charge in [0.2, 0.25) is 5.91 Å². The van der Waals surface area contributed by atoms with E-state index in [0.29, 0.717) is 0 Å². The summed E-state index contributed by atoms with van der Waals surface area (Å²) in [6, 6.07) is 7.56. The van der Waals surface area contributed by atoms with E-state index in [4.69, 9.17) is 23.2 Å². The second kappa shape index (κ2) is 8.27. The first-order valence-electron chi connectivity index (χ1n) is 7.31. The van der Waals surface area contributed by atoms with E-state index in [-0.39, 0.29) is 28.7 Å². The van der Waals surface area contributed by atoms with Gasteiger partial charge in [-0.2, -0.15) is 0 Å². The molecule has 2 amide bonds. The Labute approximate surface area is 153 Å². The van der Waals surface area contributed by atoms with Gasteiger partial charge in [-0.15, -0.1) is 0 Å². The predicted octanol–water partition coefficient (Wildman–Crippen LogP) is 4.37. The van der Waals surface area contributed by atoms with Crippen molar-refractivity contribution in [1.29, 1.82) is 0 Å². The summed E-state index contributed by atoms with van der Waals surface area (Å²) in [4.78, 5) is 25.8. The lowest BCUT2D eigenvalue weighted by Crippen LogP contribution is -2.38. The standard InChI is InChI=1S/C17H14Cl2F2N2O2/c1-2-23(17(25)10-6-11(18)8-12(19)7-10)9-15(24)22-16-13(20)4-3-5-14(16)21/h3-8H,2,9H2,1H3,(H,22,24). The number of carbonyl (C=O) groups excluding carboxylic acids is 2. The van der Waals surface area contributed by atoms with Crippen LogP contribution in [0.2, 0.25) is 10.0 Å². The zero-order chi connectivity index (χ0) is 18.6. The Morgan fingerprint density at radius 2 is 1.64 bits per heavy atom. The van der Waals surface area contributed by atoms with Crippen LogP contribution < -0.4 is 5.32 Å². The van der Waals surface area contributed by atoms with E-state index in [9.17, 15) is 18.4 Å². The number of nitrogens with zero attached hydrogens (tertiary/aromatic N) is 1. The number of carbonyl (C=O) groups is 2. The summed E-state index contributed by atoms with van der Waals surface area (Å²) < 4.78 is 27.2. The highest BCUT2D eigenvalue weighted by Gasteiger charge is 2.20. The zero-order valence-electron chi connectivity index (χ0n) is 13.2. The molecule has 2 aromatic rings. The number of para-hydroxylation sites is 1. The van der Waals surface area contributed by atoms with E-state index in [1.807, 2.05) is 0 Å². The molecule has 0 atom stereocenters. The first kappa shape index (κ1) is 19.1. The van der Waals surface area contributed by atoms with E-state index >= 15 is 0 Å². The summed E-state index contributed by atoms with van der Waals surface area (Å²) in [5.41, 5.74) is -0.342. The summed E-state index contributed by atoms with van der Waals surface area (Å²) in [7, 11) is 0. The molecule has 0 spiro atoms. The van der Waals surface area contributed by atoms with Gasteiger partial charge >= 0.3 is 0 Å². The van der Waals surface area contributed by atoms with Crippen LogP contribution in [0.1, 0.15) is 17.3 Å². The molecule has 1 N–H and O–H groups in total. The molecule has 0 aliphatic heterocycles. The summed E-state index contributed by atoms with van der Waals surface area (Å²) >= 11 is 11.7. The maximum atomic E-state index is 13.6. The Balaban J connectivity index is 2.13. The Hall–Kier alpha value is -2.18. The molecule has 25 heavy (non-hydrogen) atoms. The maximum absolute atomic E-state index is 13.6. The van der Waals surface area contributed by atoms with Crippen molar-refractivity contribution >= 4 is 40.7 Å². The molecule has 0 bridgehead atoms. The molecule has 2 rings (SSSR count). The summed E-state index contributed by atoms with van der Waals surface area (Å²) in [6.07, 6.45) is 0. The van der Waals surface area contributed by atoms with Gasteiger partial charge < -0.3 is 10.2 Å². The number of halogens is 4. The van der Waals surface area contributed by atoms with Crippen molar-refractivity contribution in [3.05, 3.63) is 63.6 Å². The van der Waals surface area contributed by atoms with Crippen LogP contribution in [-0.2, 0) is 4.79 Å². The van der Waals surface area contributed by atoms with Crippen LogP contribution in [0.3, 0.4) is 0 Å². The number of nitrogens with one attached hydrogen (secondary N) is 1. The number of rotatable bonds is 5. The number of anilines is 1. The molecule has 0 fully saturated rings. The third kappa shape index (κ3) is 4.90. The molecule has 2 aromatic carbocycles. The number of amides is 2. The normalized spacial score (nSPS) is 10.4. The molecule has 0 aliphatic rings. The lowest BCUT2D eigenvalue weighted by atomic mass is 10.2. The molecular formula is C17H14Cl2F2N2O2. The van der Waals surface area contributed by atoms with Gasteiger partial charge in [0.1, 0.15) is 23.9 Å². The van der Waals surface area contributed by atoms with Crippen molar-refractivity contribution < 1.29 is 18.4 Å². The van der Waals surface area contributed by atoms with E-state index < -0.39 is 29.1 Å². The van der Waals surface area contributed by atoms with Gasteiger partial charge in [0.25, 0.3) is 5.91 Å². The minimum atomic E-state index is -0.899. The first-order chi connectivity index (χ1) is 11.8. The Kier molecular flexibility index (Phi) is 6.33. The minimum Gasteiger partial charge on any atom is -0.330 e. The van der Waals surface area contributed by atoms with Crippen LogP contribution in [0.4, 0.5) is 14.5 Å². The van der Waals surface area contributed by atoms with E-state index in [2.05, 4.69) is 5.32 Å². The fourth-order valence-corrected chi connectivity index (χ4v) is 2.68. The number of hydrogen-bond donors (Lipinski definition) is 1. The van der Waals surface area contributed by atoms with Crippen molar-refractivity contribution in [1.82, 2.24) is 4.90 Å².